The van der Waals surface area contributed by atoms with Crippen LogP contribution in [0.4, 0.5) is 5.69 Å². The molecule has 0 saturated heterocycles. The third kappa shape index (κ3) is 2.18. The summed E-state index contributed by atoms with van der Waals surface area (Å²) in [6.07, 6.45) is 4.64. The van der Waals surface area contributed by atoms with Crippen molar-refractivity contribution in [2.24, 2.45) is 0 Å². The summed E-state index contributed by atoms with van der Waals surface area (Å²) in [6, 6.07) is 5.76. The van der Waals surface area contributed by atoms with Crippen LogP contribution in [-0.2, 0) is 25.0 Å². The number of aromatic nitrogens is 3. The maximum Gasteiger partial charge on any atom is 0.138 e. The number of nitrogens with zero attached hydrogens (tertiary/aromatic N) is 3. The van der Waals surface area contributed by atoms with Crippen LogP contribution in [0.5, 0.6) is 0 Å². The fraction of sp³-hybridized carbons (Fsp3) is 0.467. The third-order valence-electron chi connectivity index (χ3n) is 4.02. The Morgan fingerprint density at radius 3 is 3.10 bits per heavy atom. The van der Waals surface area contributed by atoms with Crippen molar-refractivity contribution in [2.45, 2.75) is 44.8 Å². The Morgan fingerprint density at radius 2 is 2.30 bits per heavy atom. The second kappa shape index (κ2) is 4.90. The summed E-state index contributed by atoms with van der Waals surface area (Å²) in [5, 5.41) is 15.2. The average Bonchev–Trinajstić information content (AvgIpc) is 2.96. The monoisotopic (exact) mass is 272 g/mol. The van der Waals surface area contributed by atoms with Crippen LogP contribution in [-0.4, -0.2) is 19.9 Å². The van der Waals surface area contributed by atoms with Crippen LogP contribution in [0.3, 0.4) is 0 Å². The lowest BCUT2D eigenvalue weighted by atomic mass is 9.92. The zero-order valence-electron chi connectivity index (χ0n) is 11.7. The summed E-state index contributed by atoms with van der Waals surface area (Å²) in [5.74, 6) is 0.846. The SMILES string of the molecule is CCCn1ncnc1CC1(O)CCc2cc(N)ccc21. The van der Waals surface area contributed by atoms with Gasteiger partial charge in [-0.15, -0.1) is 0 Å². The molecule has 3 N–H and O–H groups in total. The number of rotatable bonds is 4. The number of aryl methyl sites for hydroxylation is 2. The lowest BCUT2D eigenvalue weighted by Crippen LogP contribution is -2.27. The van der Waals surface area contributed by atoms with Crippen molar-refractivity contribution >= 4 is 5.69 Å². The molecule has 1 aliphatic rings. The highest BCUT2D eigenvalue weighted by Crippen LogP contribution is 2.39. The predicted molar refractivity (Wildman–Crippen MR) is 77.1 cm³/mol. The van der Waals surface area contributed by atoms with Crippen molar-refractivity contribution in [3.63, 3.8) is 0 Å². The maximum absolute atomic E-state index is 11.0. The molecule has 1 aromatic heterocycles. The van der Waals surface area contributed by atoms with Crippen LogP contribution in [0.2, 0.25) is 0 Å². The number of hydrogen-bond acceptors (Lipinski definition) is 4. The molecule has 106 valence electrons. The molecule has 1 aliphatic carbocycles. The maximum atomic E-state index is 11.0. The number of hydrogen-bond donors (Lipinski definition) is 2. The van der Waals surface area contributed by atoms with Crippen LogP contribution in [0.25, 0.3) is 0 Å². The van der Waals surface area contributed by atoms with E-state index in [1.165, 1.54) is 0 Å². The van der Waals surface area contributed by atoms with E-state index in [0.717, 1.165) is 42.0 Å². The van der Waals surface area contributed by atoms with Gasteiger partial charge in [-0.3, -0.25) is 0 Å². The van der Waals surface area contributed by atoms with E-state index in [2.05, 4.69) is 17.0 Å². The molecule has 0 bridgehead atoms. The van der Waals surface area contributed by atoms with Crippen LogP contribution in [0, 0.1) is 0 Å². The number of anilines is 1. The van der Waals surface area contributed by atoms with Crippen molar-refractivity contribution in [3.8, 4) is 0 Å². The standard InChI is InChI=1S/C15H20N4O/c1-2-7-19-14(17-10-18-19)9-15(20)6-5-11-8-12(16)3-4-13(11)15/h3-4,8,10,20H,2,5-7,9,16H2,1H3. The molecule has 1 aromatic carbocycles. The van der Waals surface area contributed by atoms with Crippen LogP contribution >= 0.6 is 0 Å². The first-order chi connectivity index (χ1) is 9.62. The Kier molecular flexibility index (Phi) is 3.22. The highest BCUT2D eigenvalue weighted by atomic mass is 16.3. The molecule has 5 nitrogen and oxygen atoms in total. The molecule has 2 aromatic rings. The van der Waals surface area contributed by atoms with E-state index in [4.69, 9.17) is 5.73 Å². The van der Waals surface area contributed by atoms with Crippen molar-refractivity contribution in [3.05, 3.63) is 41.5 Å². The summed E-state index contributed by atoms with van der Waals surface area (Å²) < 4.78 is 1.88. The largest absolute Gasteiger partial charge is 0.399 e. The number of aliphatic hydroxyl groups is 1. The van der Waals surface area contributed by atoms with Gasteiger partial charge in [0.25, 0.3) is 0 Å². The van der Waals surface area contributed by atoms with Gasteiger partial charge in [-0.25, -0.2) is 9.67 Å². The van der Waals surface area contributed by atoms with Crippen molar-refractivity contribution in [1.82, 2.24) is 14.8 Å². The van der Waals surface area contributed by atoms with Gasteiger partial charge in [0.1, 0.15) is 12.2 Å². The predicted octanol–water partition coefficient (Wildman–Crippen LogP) is 1.65. The van der Waals surface area contributed by atoms with Gasteiger partial charge in [0.05, 0.1) is 5.60 Å². The van der Waals surface area contributed by atoms with Gasteiger partial charge in [-0.2, -0.15) is 5.10 Å². The summed E-state index contributed by atoms with van der Waals surface area (Å²) in [7, 11) is 0. The van der Waals surface area contributed by atoms with E-state index in [0.29, 0.717) is 12.8 Å². The molecule has 1 heterocycles. The van der Waals surface area contributed by atoms with Crippen LogP contribution in [0.15, 0.2) is 24.5 Å². The molecule has 0 amide bonds. The van der Waals surface area contributed by atoms with E-state index in [9.17, 15) is 5.11 Å². The lowest BCUT2D eigenvalue weighted by Gasteiger charge is -2.23. The van der Waals surface area contributed by atoms with Gasteiger partial charge in [0, 0.05) is 18.7 Å². The summed E-state index contributed by atoms with van der Waals surface area (Å²) in [6.45, 7) is 2.94. The second-order valence-electron chi connectivity index (χ2n) is 5.52. The fourth-order valence-corrected chi connectivity index (χ4v) is 3.02. The zero-order valence-corrected chi connectivity index (χ0v) is 11.7. The molecule has 20 heavy (non-hydrogen) atoms. The molecule has 3 rings (SSSR count). The zero-order chi connectivity index (χ0) is 14.2. The van der Waals surface area contributed by atoms with Crippen LogP contribution in [0.1, 0.15) is 36.7 Å². The second-order valence-corrected chi connectivity index (χ2v) is 5.52. The molecule has 1 atom stereocenters. The van der Waals surface area contributed by atoms with Gasteiger partial charge in [-0.05, 0) is 42.5 Å². The Bertz CT molecular complexity index is 622. The highest BCUT2D eigenvalue weighted by Gasteiger charge is 2.38. The first-order valence-electron chi connectivity index (χ1n) is 7.10. The van der Waals surface area contributed by atoms with Crippen LogP contribution < -0.4 is 5.73 Å². The minimum absolute atomic E-state index is 0.504. The number of fused-ring (bicyclic) bond motifs is 1. The topological polar surface area (TPSA) is 77.0 Å². The molecule has 5 heteroatoms. The summed E-state index contributed by atoms with van der Waals surface area (Å²) in [5.41, 5.74) is 7.85. The molecular weight excluding hydrogens is 252 g/mol. The van der Waals surface area contributed by atoms with Crippen molar-refractivity contribution in [1.29, 1.82) is 0 Å². The van der Waals surface area contributed by atoms with E-state index < -0.39 is 5.60 Å². The van der Waals surface area contributed by atoms with Gasteiger partial charge in [0.15, 0.2) is 0 Å². The molecule has 0 fully saturated rings. The summed E-state index contributed by atoms with van der Waals surface area (Å²) >= 11 is 0. The Hall–Kier alpha value is -1.88. The smallest absolute Gasteiger partial charge is 0.138 e. The first kappa shape index (κ1) is 13.1. The van der Waals surface area contributed by atoms with Gasteiger partial charge >= 0.3 is 0 Å². The number of nitrogen functional groups attached to an aromatic ring is 1. The molecule has 0 spiro atoms. The minimum Gasteiger partial charge on any atom is -0.399 e. The number of nitrogens with two attached hydrogens (primary N) is 1. The van der Waals surface area contributed by atoms with E-state index in [-0.39, 0.29) is 0 Å². The Labute approximate surface area is 118 Å². The normalized spacial score (nSPS) is 21.1. The average molecular weight is 272 g/mol. The Balaban J connectivity index is 1.90. The number of benzene rings is 1. The molecule has 1 unspecified atom stereocenters. The minimum atomic E-state index is -0.846. The molecule has 0 radical (unpaired) electrons. The highest BCUT2D eigenvalue weighted by molar-refractivity contribution is 5.49. The van der Waals surface area contributed by atoms with Gasteiger partial charge < -0.3 is 10.8 Å². The molecule has 0 saturated carbocycles. The first-order valence-corrected chi connectivity index (χ1v) is 7.10. The fourth-order valence-electron chi connectivity index (χ4n) is 3.02. The van der Waals surface area contributed by atoms with Gasteiger partial charge in [0.2, 0.25) is 0 Å². The van der Waals surface area contributed by atoms with E-state index in [1.54, 1.807) is 6.33 Å². The quantitative estimate of drug-likeness (QED) is 0.830. The summed E-state index contributed by atoms with van der Waals surface area (Å²) in [4.78, 5) is 4.30. The van der Waals surface area contributed by atoms with E-state index in [1.807, 2.05) is 22.9 Å². The van der Waals surface area contributed by atoms with E-state index >= 15 is 0 Å². The van der Waals surface area contributed by atoms with Crippen molar-refractivity contribution in [2.75, 3.05) is 5.73 Å². The molecule has 0 aliphatic heterocycles. The molecular formula is C15H20N4O. The van der Waals surface area contributed by atoms with Crippen molar-refractivity contribution < 1.29 is 5.11 Å². The Morgan fingerprint density at radius 1 is 1.45 bits per heavy atom. The lowest BCUT2D eigenvalue weighted by molar-refractivity contribution is 0.0358. The third-order valence-corrected chi connectivity index (χ3v) is 4.02. The van der Waals surface area contributed by atoms with Gasteiger partial charge in [-0.1, -0.05) is 13.0 Å².